The molecule has 134 valence electrons. The molecular weight excluding hydrogens is 342 g/mol. The van der Waals surface area contributed by atoms with Crippen LogP contribution in [0.4, 0.5) is 5.69 Å². The maximum atomic E-state index is 12.1. The molecule has 3 aromatic rings. The van der Waals surface area contributed by atoms with Gasteiger partial charge in [0.05, 0.1) is 11.3 Å². The number of allylic oxidation sites excluding steroid dienone is 1. The maximum Gasteiger partial charge on any atom is 0.269 e. The van der Waals surface area contributed by atoms with Crippen LogP contribution in [0.2, 0.25) is 0 Å². The van der Waals surface area contributed by atoms with Crippen molar-refractivity contribution in [2.75, 3.05) is 0 Å². The van der Waals surface area contributed by atoms with Gasteiger partial charge in [-0.05, 0) is 40.1 Å². The lowest BCUT2D eigenvalue weighted by atomic mass is 10.0. The van der Waals surface area contributed by atoms with E-state index in [1.807, 2.05) is 42.5 Å². The van der Waals surface area contributed by atoms with Gasteiger partial charge in [0.2, 0.25) is 5.91 Å². The molecule has 1 N–H and O–H groups in total. The lowest BCUT2D eigenvalue weighted by Gasteiger charge is -2.05. The quantitative estimate of drug-likeness (QED) is 0.408. The van der Waals surface area contributed by atoms with E-state index < -0.39 is 4.92 Å². The number of carbonyl (C=O) groups is 1. The highest BCUT2D eigenvalue weighted by atomic mass is 16.6. The van der Waals surface area contributed by atoms with Crippen LogP contribution in [0.3, 0.4) is 0 Å². The molecule has 0 spiro atoms. The SMILES string of the molecule is O=C(Cc1cccc2ccccc12)N/N=C\C=C\c1ccc([N+](=O)[O-])cc1. The van der Waals surface area contributed by atoms with Gasteiger partial charge in [-0.1, -0.05) is 48.5 Å². The summed E-state index contributed by atoms with van der Waals surface area (Å²) in [4.78, 5) is 22.2. The standard InChI is InChI=1S/C21H17N3O3/c25-21(15-18-8-3-7-17-6-1-2-9-20(17)18)23-22-14-4-5-16-10-12-19(13-11-16)24(26)27/h1-14H,15H2,(H,23,25)/b5-4+,22-14-. The van der Waals surface area contributed by atoms with Crippen molar-refractivity contribution in [3.8, 4) is 0 Å². The van der Waals surface area contributed by atoms with Crippen molar-refractivity contribution in [1.82, 2.24) is 5.43 Å². The van der Waals surface area contributed by atoms with Gasteiger partial charge in [0.25, 0.3) is 5.69 Å². The number of carbonyl (C=O) groups excluding carboxylic acids is 1. The number of hydrogen-bond donors (Lipinski definition) is 1. The lowest BCUT2D eigenvalue weighted by molar-refractivity contribution is -0.384. The Morgan fingerprint density at radius 3 is 2.56 bits per heavy atom. The molecule has 0 aromatic heterocycles. The van der Waals surface area contributed by atoms with E-state index in [9.17, 15) is 14.9 Å². The van der Waals surface area contributed by atoms with Crippen LogP contribution in [0, 0.1) is 10.1 Å². The van der Waals surface area contributed by atoms with Crippen LogP contribution in [-0.4, -0.2) is 17.0 Å². The van der Waals surface area contributed by atoms with Crippen LogP contribution >= 0.6 is 0 Å². The summed E-state index contributed by atoms with van der Waals surface area (Å²) in [5.74, 6) is -0.202. The number of nitro groups is 1. The molecule has 0 saturated heterocycles. The zero-order valence-corrected chi connectivity index (χ0v) is 14.4. The molecule has 0 unspecified atom stereocenters. The molecule has 6 nitrogen and oxygen atoms in total. The van der Waals surface area contributed by atoms with Crippen molar-refractivity contribution in [3.05, 3.63) is 94.0 Å². The molecule has 0 aliphatic heterocycles. The maximum absolute atomic E-state index is 12.1. The van der Waals surface area contributed by atoms with Crippen LogP contribution in [-0.2, 0) is 11.2 Å². The van der Waals surface area contributed by atoms with E-state index in [0.717, 1.165) is 21.9 Å². The van der Waals surface area contributed by atoms with Gasteiger partial charge in [-0.2, -0.15) is 5.10 Å². The molecule has 1 amide bonds. The Labute approximate surface area is 156 Å². The van der Waals surface area contributed by atoms with Crippen LogP contribution < -0.4 is 5.43 Å². The third-order valence-corrected chi connectivity index (χ3v) is 3.97. The first-order valence-electron chi connectivity index (χ1n) is 8.33. The third kappa shape index (κ3) is 4.85. The van der Waals surface area contributed by atoms with E-state index in [1.54, 1.807) is 24.3 Å². The molecule has 0 aliphatic carbocycles. The number of nitrogens with one attached hydrogen (secondary N) is 1. The van der Waals surface area contributed by atoms with Gasteiger partial charge in [-0.3, -0.25) is 14.9 Å². The van der Waals surface area contributed by atoms with E-state index in [-0.39, 0.29) is 18.0 Å². The number of rotatable bonds is 6. The Bertz CT molecular complexity index is 1020. The highest BCUT2D eigenvalue weighted by Gasteiger charge is 2.05. The van der Waals surface area contributed by atoms with Crippen LogP contribution in [0.5, 0.6) is 0 Å². The van der Waals surface area contributed by atoms with E-state index in [2.05, 4.69) is 10.5 Å². The molecule has 0 bridgehead atoms. The number of nitro benzene ring substituents is 1. The van der Waals surface area contributed by atoms with E-state index in [0.29, 0.717) is 0 Å². The number of hydrogen-bond acceptors (Lipinski definition) is 4. The lowest BCUT2D eigenvalue weighted by Crippen LogP contribution is -2.19. The number of non-ortho nitro benzene ring substituents is 1. The normalized spacial score (nSPS) is 11.3. The highest BCUT2D eigenvalue weighted by Crippen LogP contribution is 2.18. The van der Waals surface area contributed by atoms with Crippen LogP contribution in [0.25, 0.3) is 16.8 Å². The number of benzene rings is 3. The second-order valence-electron chi connectivity index (χ2n) is 5.84. The fourth-order valence-corrected chi connectivity index (χ4v) is 2.67. The van der Waals surface area contributed by atoms with Gasteiger partial charge in [0.1, 0.15) is 0 Å². The largest absolute Gasteiger partial charge is 0.273 e. The minimum Gasteiger partial charge on any atom is -0.273 e. The van der Waals surface area contributed by atoms with Crippen molar-refractivity contribution in [2.45, 2.75) is 6.42 Å². The Hall–Kier alpha value is -3.80. The Morgan fingerprint density at radius 2 is 1.78 bits per heavy atom. The van der Waals surface area contributed by atoms with Gasteiger partial charge in [-0.25, -0.2) is 5.43 Å². The average molecular weight is 359 g/mol. The molecule has 0 saturated carbocycles. The number of hydrazone groups is 1. The summed E-state index contributed by atoms with van der Waals surface area (Å²) in [5.41, 5.74) is 4.29. The molecule has 6 heteroatoms. The van der Waals surface area contributed by atoms with E-state index in [1.165, 1.54) is 18.3 Å². The zero-order valence-electron chi connectivity index (χ0n) is 14.4. The summed E-state index contributed by atoms with van der Waals surface area (Å²) in [7, 11) is 0. The smallest absolute Gasteiger partial charge is 0.269 e. The van der Waals surface area contributed by atoms with Crippen molar-refractivity contribution < 1.29 is 9.72 Å². The van der Waals surface area contributed by atoms with Crippen molar-refractivity contribution in [2.24, 2.45) is 5.10 Å². The van der Waals surface area contributed by atoms with Gasteiger partial charge in [0.15, 0.2) is 0 Å². The van der Waals surface area contributed by atoms with Crippen molar-refractivity contribution >= 4 is 34.7 Å². The van der Waals surface area contributed by atoms with E-state index >= 15 is 0 Å². The molecule has 0 fully saturated rings. The van der Waals surface area contributed by atoms with Gasteiger partial charge >= 0.3 is 0 Å². The summed E-state index contributed by atoms with van der Waals surface area (Å²) in [6.07, 6.45) is 5.09. The summed E-state index contributed by atoms with van der Waals surface area (Å²) < 4.78 is 0. The third-order valence-electron chi connectivity index (χ3n) is 3.97. The molecule has 3 rings (SSSR count). The van der Waals surface area contributed by atoms with Gasteiger partial charge in [0, 0.05) is 18.3 Å². The summed E-state index contributed by atoms with van der Waals surface area (Å²) in [6.45, 7) is 0. The number of amides is 1. The molecule has 3 aromatic carbocycles. The second kappa shape index (κ2) is 8.53. The average Bonchev–Trinajstić information content (AvgIpc) is 2.68. The first-order chi connectivity index (χ1) is 13.1. The predicted molar refractivity (Wildman–Crippen MR) is 106 cm³/mol. The van der Waals surface area contributed by atoms with Crippen LogP contribution in [0.15, 0.2) is 77.9 Å². The molecule has 0 radical (unpaired) electrons. The fraction of sp³-hybridized carbons (Fsp3) is 0.0476. The monoisotopic (exact) mass is 359 g/mol. The molecule has 0 aliphatic rings. The number of fused-ring (bicyclic) bond motifs is 1. The summed E-state index contributed by atoms with van der Waals surface area (Å²) in [6, 6.07) is 19.9. The van der Waals surface area contributed by atoms with Crippen LogP contribution in [0.1, 0.15) is 11.1 Å². The Balaban J connectivity index is 1.54. The van der Waals surface area contributed by atoms with Crippen molar-refractivity contribution in [3.63, 3.8) is 0 Å². The molecule has 27 heavy (non-hydrogen) atoms. The van der Waals surface area contributed by atoms with E-state index in [4.69, 9.17) is 0 Å². The van der Waals surface area contributed by atoms with Crippen molar-refractivity contribution in [1.29, 1.82) is 0 Å². The fourth-order valence-electron chi connectivity index (χ4n) is 2.67. The minimum atomic E-state index is -0.444. The molecule has 0 heterocycles. The minimum absolute atomic E-state index is 0.0431. The molecular formula is C21H17N3O3. The first kappa shape index (κ1) is 18.0. The van der Waals surface area contributed by atoms with Gasteiger partial charge < -0.3 is 0 Å². The van der Waals surface area contributed by atoms with Gasteiger partial charge in [-0.15, -0.1) is 0 Å². The Kier molecular flexibility index (Phi) is 5.69. The molecule has 0 atom stereocenters. The zero-order chi connectivity index (χ0) is 19.1. The highest BCUT2D eigenvalue weighted by molar-refractivity contribution is 5.90. The second-order valence-corrected chi connectivity index (χ2v) is 5.84. The topological polar surface area (TPSA) is 84.6 Å². The first-order valence-corrected chi connectivity index (χ1v) is 8.33. The predicted octanol–water partition coefficient (Wildman–Crippen LogP) is 4.11. The summed E-state index contributed by atoms with van der Waals surface area (Å²) >= 11 is 0. The number of nitrogens with zero attached hydrogens (tertiary/aromatic N) is 2. The Morgan fingerprint density at radius 1 is 1.04 bits per heavy atom. The summed E-state index contributed by atoms with van der Waals surface area (Å²) in [5, 5.41) is 16.6.